The van der Waals surface area contributed by atoms with Crippen molar-refractivity contribution in [3.05, 3.63) is 42.5 Å². The van der Waals surface area contributed by atoms with Crippen molar-refractivity contribution in [2.24, 2.45) is 0 Å². The third-order valence-electron chi connectivity index (χ3n) is 5.41. The van der Waals surface area contributed by atoms with Crippen LogP contribution >= 0.6 is 0 Å². The number of ether oxygens (including phenoxy) is 1. The van der Waals surface area contributed by atoms with Crippen LogP contribution in [0.4, 0.5) is 10.2 Å². The molecule has 0 unspecified atom stereocenters. The summed E-state index contributed by atoms with van der Waals surface area (Å²) in [5.41, 5.74) is 2.03. The molecule has 4 heterocycles. The van der Waals surface area contributed by atoms with Gasteiger partial charge in [0.15, 0.2) is 17.3 Å². The molecule has 1 N–H and O–H groups in total. The van der Waals surface area contributed by atoms with Gasteiger partial charge in [0.25, 0.3) is 5.91 Å². The average Bonchev–Trinajstić information content (AvgIpc) is 3.35. The Morgan fingerprint density at radius 2 is 2.09 bits per heavy atom. The Balaban J connectivity index is 1.81. The summed E-state index contributed by atoms with van der Waals surface area (Å²) in [6, 6.07) is 6.96. The molecule has 32 heavy (non-hydrogen) atoms. The first-order valence-electron chi connectivity index (χ1n) is 10.6. The van der Waals surface area contributed by atoms with E-state index in [1.807, 2.05) is 18.2 Å². The van der Waals surface area contributed by atoms with Gasteiger partial charge in [-0.3, -0.25) is 4.79 Å². The van der Waals surface area contributed by atoms with E-state index in [2.05, 4.69) is 39.2 Å². The van der Waals surface area contributed by atoms with Crippen LogP contribution in [-0.2, 0) is 16.1 Å². The molecule has 9 nitrogen and oxygen atoms in total. The molecular formula is C22H26FN7O2. The van der Waals surface area contributed by atoms with E-state index in [0.717, 1.165) is 25.2 Å². The minimum atomic E-state index is -0.512. The molecule has 0 saturated carbocycles. The van der Waals surface area contributed by atoms with Crippen LogP contribution in [0, 0.1) is 5.82 Å². The SMILES string of the molecule is CCN(CC)CCn1nc(NC(=O)COC)c2cc(F)c(-c3cnn4ccccc34)nc21. The number of hydrogen-bond donors (Lipinski definition) is 1. The van der Waals surface area contributed by atoms with Crippen LogP contribution in [0.3, 0.4) is 0 Å². The monoisotopic (exact) mass is 439 g/mol. The molecule has 0 fully saturated rings. The van der Waals surface area contributed by atoms with Crippen LogP contribution in [0.25, 0.3) is 27.8 Å². The Morgan fingerprint density at radius 3 is 2.84 bits per heavy atom. The zero-order chi connectivity index (χ0) is 22.7. The molecule has 4 aromatic heterocycles. The summed E-state index contributed by atoms with van der Waals surface area (Å²) in [5, 5.41) is 12.0. The van der Waals surface area contributed by atoms with Gasteiger partial charge in [-0.15, -0.1) is 0 Å². The zero-order valence-corrected chi connectivity index (χ0v) is 18.4. The number of hydrogen-bond acceptors (Lipinski definition) is 6. The minimum Gasteiger partial charge on any atom is -0.375 e. The number of amides is 1. The molecule has 0 atom stereocenters. The van der Waals surface area contributed by atoms with Crippen LogP contribution in [0.2, 0.25) is 0 Å². The maximum Gasteiger partial charge on any atom is 0.251 e. The lowest BCUT2D eigenvalue weighted by molar-refractivity contribution is -0.119. The molecule has 0 bridgehead atoms. The maximum absolute atomic E-state index is 15.2. The summed E-state index contributed by atoms with van der Waals surface area (Å²) in [4.78, 5) is 19.0. The highest BCUT2D eigenvalue weighted by Crippen LogP contribution is 2.30. The normalized spacial score (nSPS) is 11.7. The molecule has 0 radical (unpaired) electrons. The van der Waals surface area contributed by atoms with Crippen LogP contribution < -0.4 is 5.32 Å². The Kier molecular flexibility index (Phi) is 6.42. The summed E-state index contributed by atoms with van der Waals surface area (Å²) >= 11 is 0. The van der Waals surface area contributed by atoms with E-state index in [0.29, 0.717) is 23.1 Å². The molecule has 0 spiro atoms. The maximum atomic E-state index is 15.2. The van der Waals surface area contributed by atoms with E-state index in [4.69, 9.17) is 4.74 Å². The lowest BCUT2D eigenvalue weighted by atomic mass is 10.1. The number of pyridine rings is 2. The first-order valence-corrected chi connectivity index (χ1v) is 10.6. The molecule has 0 aliphatic carbocycles. The highest BCUT2D eigenvalue weighted by atomic mass is 19.1. The summed E-state index contributed by atoms with van der Waals surface area (Å²) in [7, 11) is 1.43. The lowest BCUT2D eigenvalue weighted by Crippen LogP contribution is -2.27. The molecule has 0 saturated heterocycles. The van der Waals surface area contributed by atoms with Crippen LogP contribution in [-0.4, -0.2) is 68.5 Å². The highest BCUT2D eigenvalue weighted by Gasteiger charge is 2.20. The number of halogens is 1. The fraction of sp³-hybridized carbons (Fsp3) is 0.364. The van der Waals surface area contributed by atoms with Gasteiger partial charge < -0.3 is 15.0 Å². The van der Waals surface area contributed by atoms with Gasteiger partial charge in [0, 0.05) is 25.4 Å². The van der Waals surface area contributed by atoms with Crippen molar-refractivity contribution in [2.75, 3.05) is 38.7 Å². The molecule has 10 heteroatoms. The Hall–Kier alpha value is -3.37. The Bertz CT molecular complexity index is 1250. The molecule has 1 amide bonds. The summed E-state index contributed by atoms with van der Waals surface area (Å²) < 4.78 is 23.5. The van der Waals surface area contributed by atoms with Crippen molar-refractivity contribution in [2.45, 2.75) is 20.4 Å². The quantitative estimate of drug-likeness (QED) is 0.431. The van der Waals surface area contributed by atoms with E-state index < -0.39 is 5.82 Å². The van der Waals surface area contributed by atoms with Crippen LogP contribution in [0.5, 0.6) is 0 Å². The molecular weight excluding hydrogens is 413 g/mol. The average molecular weight is 439 g/mol. The standard InChI is InChI=1S/C22H26FN7O2/c1-4-28(5-2)10-11-30-22-15(21(27-30)25-19(31)14-32-3)12-17(23)20(26-22)16-13-24-29-9-7-6-8-18(16)29/h6-9,12-13H,4-5,10-11,14H2,1-3H3,(H,25,27,31). The van der Waals surface area contributed by atoms with Gasteiger partial charge in [-0.2, -0.15) is 10.2 Å². The fourth-order valence-electron chi connectivity index (χ4n) is 3.70. The van der Waals surface area contributed by atoms with Crippen molar-refractivity contribution in [1.29, 1.82) is 0 Å². The first-order chi connectivity index (χ1) is 15.5. The number of methoxy groups -OCH3 is 1. The van der Waals surface area contributed by atoms with Gasteiger partial charge in [-0.25, -0.2) is 18.6 Å². The molecule has 4 rings (SSSR count). The smallest absolute Gasteiger partial charge is 0.251 e. The van der Waals surface area contributed by atoms with E-state index in [-0.39, 0.29) is 24.0 Å². The minimum absolute atomic E-state index is 0.121. The van der Waals surface area contributed by atoms with Crippen molar-refractivity contribution in [3.63, 3.8) is 0 Å². The van der Waals surface area contributed by atoms with Gasteiger partial charge in [0.1, 0.15) is 12.3 Å². The van der Waals surface area contributed by atoms with Crippen LogP contribution in [0.15, 0.2) is 36.7 Å². The molecule has 168 valence electrons. The van der Waals surface area contributed by atoms with Gasteiger partial charge in [-0.05, 0) is 31.3 Å². The second kappa shape index (κ2) is 9.41. The van der Waals surface area contributed by atoms with Crippen LogP contribution in [0.1, 0.15) is 13.8 Å². The zero-order valence-electron chi connectivity index (χ0n) is 18.4. The van der Waals surface area contributed by atoms with Gasteiger partial charge in [0.05, 0.1) is 23.6 Å². The van der Waals surface area contributed by atoms with E-state index in [1.165, 1.54) is 13.2 Å². The summed E-state index contributed by atoms with van der Waals surface area (Å²) in [6.45, 7) is 7.18. The number of likely N-dealkylation sites (N-methyl/N-ethyl adjacent to an activating group) is 1. The van der Waals surface area contributed by atoms with Gasteiger partial charge >= 0.3 is 0 Å². The van der Waals surface area contributed by atoms with E-state index in [1.54, 1.807) is 21.6 Å². The van der Waals surface area contributed by atoms with E-state index in [9.17, 15) is 4.79 Å². The van der Waals surface area contributed by atoms with Gasteiger partial charge in [-0.1, -0.05) is 19.9 Å². The lowest BCUT2D eigenvalue weighted by Gasteiger charge is -2.17. The summed E-state index contributed by atoms with van der Waals surface area (Å²) in [6.07, 6.45) is 3.40. The number of carbonyl (C=O) groups is 1. The number of aromatic nitrogens is 5. The molecule has 0 aliphatic rings. The molecule has 0 aromatic carbocycles. The Labute approximate surface area is 184 Å². The number of nitrogens with zero attached hydrogens (tertiary/aromatic N) is 6. The molecule has 4 aromatic rings. The predicted octanol–water partition coefficient (Wildman–Crippen LogP) is 2.81. The Morgan fingerprint density at radius 1 is 1.28 bits per heavy atom. The number of nitrogens with one attached hydrogen (secondary N) is 1. The topological polar surface area (TPSA) is 89.6 Å². The number of rotatable bonds is 9. The van der Waals surface area contributed by atoms with E-state index >= 15 is 4.39 Å². The number of anilines is 1. The van der Waals surface area contributed by atoms with Crippen molar-refractivity contribution in [1.82, 2.24) is 29.3 Å². The second-order valence-electron chi connectivity index (χ2n) is 7.36. The third kappa shape index (κ3) is 4.19. The van der Waals surface area contributed by atoms with Gasteiger partial charge in [0.2, 0.25) is 0 Å². The fourth-order valence-corrected chi connectivity index (χ4v) is 3.70. The largest absolute Gasteiger partial charge is 0.375 e. The highest BCUT2D eigenvalue weighted by molar-refractivity contribution is 6.00. The third-order valence-corrected chi connectivity index (χ3v) is 5.41. The van der Waals surface area contributed by atoms with Crippen molar-refractivity contribution >= 4 is 28.3 Å². The van der Waals surface area contributed by atoms with Crippen molar-refractivity contribution < 1.29 is 13.9 Å². The second-order valence-corrected chi connectivity index (χ2v) is 7.36. The number of carbonyl (C=O) groups excluding carboxylic acids is 1. The van der Waals surface area contributed by atoms with Crippen molar-refractivity contribution in [3.8, 4) is 11.3 Å². The number of fused-ring (bicyclic) bond motifs is 2. The summed E-state index contributed by atoms with van der Waals surface area (Å²) in [5.74, 6) is -0.615. The molecule has 0 aliphatic heterocycles. The first kappa shape index (κ1) is 21.8. The predicted molar refractivity (Wildman–Crippen MR) is 120 cm³/mol.